The molecule has 0 unspecified atom stereocenters. The fourth-order valence-electron chi connectivity index (χ4n) is 0.904. The van der Waals surface area contributed by atoms with Crippen molar-refractivity contribution in [1.29, 1.82) is 0 Å². The largest absolute Gasteiger partial charge is 0.456 e. The van der Waals surface area contributed by atoms with Gasteiger partial charge in [0.2, 0.25) is 0 Å². The zero-order valence-corrected chi connectivity index (χ0v) is 9.26. The normalized spacial score (nSPS) is 9.00. The van der Waals surface area contributed by atoms with Crippen LogP contribution < -0.4 is 0 Å². The molecular formula is C11H10ClNO2. The predicted molar refractivity (Wildman–Crippen MR) is 57.5 cm³/mol. The van der Waals surface area contributed by atoms with Crippen molar-refractivity contribution in [2.45, 2.75) is 13.8 Å². The standard InChI is InChI=1S/C11H10ClNO2/c1-3-15-10(14)7-6-9-5-4-8(2)13-11(9)12/h4-5H,3H2,1-2H3. The van der Waals surface area contributed by atoms with Gasteiger partial charge in [-0.05, 0) is 26.0 Å². The topological polar surface area (TPSA) is 39.2 Å². The number of rotatable bonds is 1. The van der Waals surface area contributed by atoms with Crippen LogP contribution >= 0.6 is 11.6 Å². The number of hydrogen-bond acceptors (Lipinski definition) is 3. The molecule has 0 aliphatic rings. The SMILES string of the molecule is CCOC(=O)C#Cc1ccc(C)nc1Cl. The van der Waals surface area contributed by atoms with Crippen LogP contribution in [-0.4, -0.2) is 17.6 Å². The molecule has 15 heavy (non-hydrogen) atoms. The molecule has 0 saturated carbocycles. The minimum Gasteiger partial charge on any atom is -0.456 e. The first-order valence-electron chi connectivity index (χ1n) is 4.45. The summed E-state index contributed by atoms with van der Waals surface area (Å²) in [4.78, 5) is 14.9. The van der Waals surface area contributed by atoms with Crippen molar-refractivity contribution in [1.82, 2.24) is 4.98 Å². The third-order valence-corrected chi connectivity index (χ3v) is 1.85. The van der Waals surface area contributed by atoms with Crippen LogP contribution in [0.4, 0.5) is 0 Å². The van der Waals surface area contributed by atoms with Gasteiger partial charge < -0.3 is 4.74 Å². The highest BCUT2D eigenvalue weighted by Crippen LogP contribution is 2.11. The third kappa shape index (κ3) is 3.61. The van der Waals surface area contributed by atoms with E-state index in [2.05, 4.69) is 21.6 Å². The lowest BCUT2D eigenvalue weighted by molar-refractivity contribution is -0.136. The van der Waals surface area contributed by atoms with Crippen LogP contribution in [-0.2, 0) is 9.53 Å². The summed E-state index contributed by atoms with van der Waals surface area (Å²) in [6.45, 7) is 3.86. The number of esters is 1. The van der Waals surface area contributed by atoms with Gasteiger partial charge in [-0.2, -0.15) is 0 Å². The monoisotopic (exact) mass is 223 g/mol. The van der Waals surface area contributed by atoms with Crippen molar-refractivity contribution >= 4 is 17.6 Å². The smallest absolute Gasteiger partial charge is 0.384 e. The van der Waals surface area contributed by atoms with E-state index in [1.54, 1.807) is 19.1 Å². The van der Waals surface area contributed by atoms with Gasteiger partial charge in [0.15, 0.2) is 0 Å². The summed E-state index contributed by atoms with van der Waals surface area (Å²) in [6.07, 6.45) is 0. The molecule has 1 rings (SSSR count). The van der Waals surface area contributed by atoms with E-state index < -0.39 is 5.97 Å². The number of aromatic nitrogens is 1. The van der Waals surface area contributed by atoms with Gasteiger partial charge >= 0.3 is 5.97 Å². The van der Waals surface area contributed by atoms with E-state index in [0.29, 0.717) is 17.3 Å². The molecule has 78 valence electrons. The van der Waals surface area contributed by atoms with E-state index in [-0.39, 0.29) is 0 Å². The zero-order valence-electron chi connectivity index (χ0n) is 8.50. The number of nitrogens with zero attached hydrogens (tertiary/aromatic N) is 1. The molecule has 0 saturated heterocycles. The van der Waals surface area contributed by atoms with Gasteiger partial charge in [-0.1, -0.05) is 17.5 Å². The molecule has 3 nitrogen and oxygen atoms in total. The van der Waals surface area contributed by atoms with E-state index in [0.717, 1.165) is 5.69 Å². The lowest BCUT2D eigenvalue weighted by Gasteiger charge is -1.96. The summed E-state index contributed by atoms with van der Waals surface area (Å²) < 4.78 is 4.65. The van der Waals surface area contributed by atoms with Gasteiger partial charge in [-0.25, -0.2) is 9.78 Å². The third-order valence-electron chi connectivity index (χ3n) is 1.56. The minimum absolute atomic E-state index is 0.298. The summed E-state index contributed by atoms with van der Waals surface area (Å²) in [6, 6.07) is 3.50. The second-order valence-corrected chi connectivity index (χ2v) is 3.12. The van der Waals surface area contributed by atoms with E-state index in [1.165, 1.54) is 0 Å². The molecule has 0 aromatic carbocycles. The Kier molecular flexibility index (Phi) is 4.14. The molecule has 0 fully saturated rings. The van der Waals surface area contributed by atoms with Crippen LogP contribution in [0.15, 0.2) is 12.1 Å². The summed E-state index contributed by atoms with van der Waals surface area (Å²) in [5.41, 5.74) is 1.33. The van der Waals surface area contributed by atoms with Crippen LogP contribution in [0.3, 0.4) is 0 Å². The number of hydrogen-bond donors (Lipinski definition) is 0. The molecule has 1 aromatic heterocycles. The lowest BCUT2D eigenvalue weighted by atomic mass is 10.2. The molecule has 1 aromatic rings. The molecule has 4 heteroatoms. The number of aryl methyl sites for hydroxylation is 1. The maximum absolute atomic E-state index is 10.9. The maximum Gasteiger partial charge on any atom is 0.384 e. The number of carbonyl (C=O) groups excluding carboxylic acids is 1. The van der Waals surface area contributed by atoms with Crippen LogP contribution in [0.2, 0.25) is 5.15 Å². The summed E-state index contributed by atoms with van der Waals surface area (Å²) >= 11 is 5.82. The summed E-state index contributed by atoms with van der Waals surface area (Å²) in [5, 5.41) is 0.298. The van der Waals surface area contributed by atoms with Gasteiger partial charge in [0, 0.05) is 11.6 Å². The molecule has 0 radical (unpaired) electrons. The molecule has 0 atom stereocenters. The highest BCUT2D eigenvalue weighted by atomic mass is 35.5. The Morgan fingerprint density at radius 3 is 2.93 bits per heavy atom. The highest BCUT2D eigenvalue weighted by molar-refractivity contribution is 6.30. The van der Waals surface area contributed by atoms with Crippen LogP contribution in [0.5, 0.6) is 0 Å². The maximum atomic E-state index is 10.9. The second kappa shape index (κ2) is 5.38. The average Bonchev–Trinajstić information content (AvgIpc) is 2.17. The number of halogens is 1. The van der Waals surface area contributed by atoms with Crippen molar-refractivity contribution in [3.05, 3.63) is 28.5 Å². The molecule has 0 aliphatic carbocycles. The molecule has 0 amide bonds. The molecular weight excluding hydrogens is 214 g/mol. The van der Waals surface area contributed by atoms with Gasteiger partial charge in [0.05, 0.1) is 12.2 Å². The summed E-state index contributed by atoms with van der Waals surface area (Å²) in [5.74, 6) is 4.37. The van der Waals surface area contributed by atoms with Gasteiger partial charge in [-0.3, -0.25) is 0 Å². The van der Waals surface area contributed by atoms with Crippen LogP contribution in [0.25, 0.3) is 0 Å². The van der Waals surface area contributed by atoms with Crippen LogP contribution in [0.1, 0.15) is 18.2 Å². The Morgan fingerprint density at radius 2 is 2.33 bits per heavy atom. The van der Waals surface area contributed by atoms with Crippen molar-refractivity contribution in [2.75, 3.05) is 6.61 Å². The second-order valence-electron chi connectivity index (χ2n) is 2.76. The van der Waals surface area contributed by atoms with Gasteiger partial charge in [-0.15, -0.1) is 0 Å². The Hall–Kier alpha value is -1.53. The zero-order chi connectivity index (χ0) is 11.3. The predicted octanol–water partition coefficient (Wildman–Crippen LogP) is 1.96. The van der Waals surface area contributed by atoms with Crippen molar-refractivity contribution in [3.8, 4) is 11.8 Å². The first kappa shape index (κ1) is 11.5. The van der Waals surface area contributed by atoms with Crippen molar-refractivity contribution in [3.63, 3.8) is 0 Å². The Labute approximate surface area is 93.4 Å². The Bertz CT molecular complexity index is 432. The fourth-order valence-corrected chi connectivity index (χ4v) is 1.15. The number of pyridine rings is 1. The van der Waals surface area contributed by atoms with Gasteiger partial charge in [0.25, 0.3) is 0 Å². The summed E-state index contributed by atoms with van der Waals surface area (Å²) in [7, 11) is 0. The Morgan fingerprint density at radius 1 is 1.60 bits per heavy atom. The average molecular weight is 224 g/mol. The highest BCUT2D eigenvalue weighted by Gasteiger charge is 1.99. The number of ether oxygens (including phenoxy) is 1. The van der Waals surface area contributed by atoms with E-state index in [4.69, 9.17) is 11.6 Å². The van der Waals surface area contributed by atoms with E-state index in [9.17, 15) is 4.79 Å². The molecule has 0 aliphatic heterocycles. The number of carbonyl (C=O) groups is 1. The molecule has 0 spiro atoms. The Balaban J connectivity index is 2.84. The molecule has 1 heterocycles. The van der Waals surface area contributed by atoms with E-state index >= 15 is 0 Å². The first-order chi connectivity index (χ1) is 7.13. The van der Waals surface area contributed by atoms with Gasteiger partial charge in [0.1, 0.15) is 5.15 Å². The minimum atomic E-state index is -0.561. The first-order valence-corrected chi connectivity index (χ1v) is 4.83. The van der Waals surface area contributed by atoms with Crippen molar-refractivity contribution in [2.24, 2.45) is 0 Å². The molecule has 0 N–H and O–H groups in total. The molecule has 0 bridgehead atoms. The fraction of sp³-hybridized carbons (Fsp3) is 0.273. The van der Waals surface area contributed by atoms with E-state index in [1.807, 2.05) is 6.92 Å². The quantitative estimate of drug-likeness (QED) is 0.415. The lowest BCUT2D eigenvalue weighted by Crippen LogP contribution is -1.99. The van der Waals surface area contributed by atoms with Crippen molar-refractivity contribution < 1.29 is 9.53 Å². The van der Waals surface area contributed by atoms with Crippen LogP contribution in [0, 0.1) is 18.8 Å².